The molecule has 0 bridgehead atoms. The van der Waals surface area contributed by atoms with Crippen LogP contribution in [0.4, 0.5) is 5.69 Å². The van der Waals surface area contributed by atoms with Gasteiger partial charge in [0.1, 0.15) is 12.4 Å². The van der Waals surface area contributed by atoms with Gasteiger partial charge in [-0.3, -0.25) is 9.69 Å². The van der Waals surface area contributed by atoms with Crippen molar-refractivity contribution in [2.75, 3.05) is 11.5 Å². The summed E-state index contributed by atoms with van der Waals surface area (Å²) in [5.41, 5.74) is 2.82. The van der Waals surface area contributed by atoms with Gasteiger partial charge in [0.15, 0.2) is 4.32 Å². The number of benzene rings is 2. The van der Waals surface area contributed by atoms with Gasteiger partial charge < -0.3 is 4.74 Å². The molecule has 0 spiro atoms. The van der Waals surface area contributed by atoms with Crippen molar-refractivity contribution in [3.05, 3.63) is 77.2 Å². The fraction of sp³-hybridized carbons (Fsp3) is 0.100. The van der Waals surface area contributed by atoms with Crippen LogP contribution in [0.1, 0.15) is 11.1 Å². The van der Waals surface area contributed by atoms with Crippen molar-refractivity contribution >= 4 is 46.0 Å². The van der Waals surface area contributed by atoms with Crippen LogP contribution in [0.3, 0.4) is 0 Å². The SMILES string of the molecule is C=CCOc1ccc(/C=C2\SC(=S)N(c3cccc(C)c3)C2=O)cc1. The number of anilines is 1. The molecule has 2 aromatic carbocycles. The van der Waals surface area contributed by atoms with Crippen LogP contribution < -0.4 is 9.64 Å². The predicted molar refractivity (Wildman–Crippen MR) is 109 cm³/mol. The lowest BCUT2D eigenvalue weighted by Gasteiger charge is -2.14. The molecule has 0 N–H and O–H groups in total. The number of thioether (sulfide) groups is 1. The van der Waals surface area contributed by atoms with Gasteiger partial charge in [0.25, 0.3) is 5.91 Å². The molecule has 3 rings (SSSR count). The van der Waals surface area contributed by atoms with Crippen LogP contribution in [-0.4, -0.2) is 16.8 Å². The van der Waals surface area contributed by atoms with E-state index in [1.165, 1.54) is 11.8 Å². The lowest BCUT2D eigenvalue weighted by molar-refractivity contribution is -0.113. The van der Waals surface area contributed by atoms with E-state index in [9.17, 15) is 4.79 Å². The largest absolute Gasteiger partial charge is 0.490 e. The maximum Gasteiger partial charge on any atom is 0.270 e. The van der Waals surface area contributed by atoms with E-state index in [4.69, 9.17) is 17.0 Å². The van der Waals surface area contributed by atoms with Gasteiger partial charge in [-0.05, 0) is 48.4 Å². The third-order valence-electron chi connectivity index (χ3n) is 3.60. The Kier molecular flexibility index (Phi) is 5.36. The van der Waals surface area contributed by atoms with Crippen LogP contribution in [0.5, 0.6) is 5.75 Å². The van der Waals surface area contributed by atoms with Crippen molar-refractivity contribution < 1.29 is 9.53 Å². The maximum atomic E-state index is 12.8. The van der Waals surface area contributed by atoms with Crippen molar-refractivity contribution in [1.29, 1.82) is 0 Å². The van der Waals surface area contributed by atoms with Crippen LogP contribution in [-0.2, 0) is 4.79 Å². The van der Waals surface area contributed by atoms with Crippen LogP contribution in [0.2, 0.25) is 0 Å². The third kappa shape index (κ3) is 4.00. The Morgan fingerprint density at radius 1 is 1.24 bits per heavy atom. The summed E-state index contributed by atoms with van der Waals surface area (Å²) >= 11 is 6.72. The van der Waals surface area contributed by atoms with Crippen LogP contribution >= 0.6 is 24.0 Å². The summed E-state index contributed by atoms with van der Waals surface area (Å²) in [4.78, 5) is 15.0. The van der Waals surface area contributed by atoms with Crippen molar-refractivity contribution in [3.8, 4) is 5.75 Å². The summed E-state index contributed by atoms with van der Waals surface area (Å²) in [5, 5.41) is 0. The number of nitrogens with zero attached hydrogens (tertiary/aromatic N) is 1. The molecule has 126 valence electrons. The molecule has 1 fully saturated rings. The summed E-state index contributed by atoms with van der Waals surface area (Å²) in [7, 11) is 0. The van der Waals surface area contributed by atoms with Gasteiger partial charge in [-0.15, -0.1) is 0 Å². The second-order valence-corrected chi connectivity index (χ2v) is 7.20. The van der Waals surface area contributed by atoms with E-state index < -0.39 is 0 Å². The van der Waals surface area contributed by atoms with E-state index in [0.29, 0.717) is 15.8 Å². The molecule has 0 radical (unpaired) electrons. The monoisotopic (exact) mass is 367 g/mol. The molecule has 0 aliphatic carbocycles. The molecule has 1 aliphatic rings. The highest BCUT2D eigenvalue weighted by atomic mass is 32.2. The second kappa shape index (κ2) is 7.68. The zero-order valence-corrected chi connectivity index (χ0v) is 15.4. The molecule has 25 heavy (non-hydrogen) atoms. The molecule has 1 amide bonds. The van der Waals surface area contributed by atoms with Crippen molar-refractivity contribution in [1.82, 2.24) is 0 Å². The first-order valence-electron chi connectivity index (χ1n) is 7.77. The van der Waals surface area contributed by atoms with Crippen molar-refractivity contribution in [2.45, 2.75) is 6.92 Å². The number of carbonyl (C=O) groups is 1. The molecule has 5 heteroatoms. The Labute approximate surface area is 157 Å². The average Bonchev–Trinajstić information content (AvgIpc) is 2.88. The highest BCUT2D eigenvalue weighted by Crippen LogP contribution is 2.36. The zero-order chi connectivity index (χ0) is 17.8. The second-order valence-electron chi connectivity index (χ2n) is 5.52. The Morgan fingerprint density at radius 3 is 2.68 bits per heavy atom. The average molecular weight is 367 g/mol. The molecule has 0 atom stereocenters. The third-order valence-corrected chi connectivity index (χ3v) is 4.90. The molecule has 1 aliphatic heterocycles. The highest BCUT2D eigenvalue weighted by molar-refractivity contribution is 8.27. The lowest BCUT2D eigenvalue weighted by atomic mass is 10.2. The van der Waals surface area contributed by atoms with Crippen LogP contribution in [0, 0.1) is 6.92 Å². The molecular formula is C20H17NO2S2. The number of carbonyl (C=O) groups excluding carboxylic acids is 1. The minimum absolute atomic E-state index is 0.0902. The minimum Gasteiger partial charge on any atom is -0.490 e. The molecule has 0 unspecified atom stereocenters. The Balaban J connectivity index is 1.81. The van der Waals surface area contributed by atoms with Gasteiger partial charge in [-0.2, -0.15) is 0 Å². The number of hydrogen-bond acceptors (Lipinski definition) is 4. The summed E-state index contributed by atoms with van der Waals surface area (Å²) < 4.78 is 6.01. The topological polar surface area (TPSA) is 29.5 Å². The molecule has 2 aromatic rings. The number of hydrogen-bond donors (Lipinski definition) is 0. The fourth-order valence-electron chi connectivity index (χ4n) is 2.42. The van der Waals surface area contributed by atoms with Gasteiger partial charge in [-0.1, -0.05) is 60.9 Å². The highest BCUT2D eigenvalue weighted by Gasteiger charge is 2.33. The number of ether oxygens (including phenoxy) is 1. The molecule has 1 saturated heterocycles. The fourth-order valence-corrected chi connectivity index (χ4v) is 3.72. The van der Waals surface area contributed by atoms with E-state index in [1.54, 1.807) is 11.0 Å². The van der Waals surface area contributed by atoms with Gasteiger partial charge in [0.05, 0.1) is 10.6 Å². The number of thiocarbonyl (C=S) groups is 1. The minimum atomic E-state index is -0.0902. The predicted octanol–water partition coefficient (Wildman–Crippen LogP) is 4.97. The quantitative estimate of drug-likeness (QED) is 0.424. The van der Waals surface area contributed by atoms with E-state index in [2.05, 4.69) is 6.58 Å². The Morgan fingerprint density at radius 2 is 2.00 bits per heavy atom. The normalized spacial score (nSPS) is 15.7. The van der Waals surface area contributed by atoms with Gasteiger partial charge in [-0.25, -0.2) is 0 Å². The molecule has 3 nitrogen and oxygen atoms in total. The molecule has 1 heterocycles. The standard InChI is InChI=1S/C20H17NO2S2/c1-3-11-23-17-9-7-15(8-10-17)13-18-19(22)21(20(24)25-18)16-6-4-5-14(2)12-16/h3-10,12-13H,1,11H2,2H3/b18-13-. The maximum absolute atomic E-state index is 12.8. The first-order chi connectivity index (χ1) is 12.1. The van der Waals surface area contributed by atoms with E-state index >= 15 is 0 Å². The Bertz CT molecular complexity index is 856. The van der Waals surface area contributed by atoms with Crippen molar-refractivity contribution in [3.63, 3.8) is 0 Å². The van der Waals surface area contributed by atoms with E-state index in [0.717, 1.165) is 22.6 Å². The molecular weight excluding hydrogens is 350 g/mol. The zero-order valence-electron chi connectivity index (χ0n) is 13.8. The van der Waals surface area contributed by atoms with Crippen LogP contribution in [0.25, 0.3) is 6.08 Å². The van der Waals surface area contributed by atoms with E-state index in [1.807, 2.05) is 61.5 Å². The first-order valence-corrected chi connectivity index (χ1v) is 8.99. The number of rotatable bonds is 5. The van der Waals surface area contributed by atoms with E-state index in [-0.39, 0.29) is 5.91 Å². The number of aryl methyl sites for hydroxylation is 1. The number of amides is 1. The lowest BCUT2D eigenvalue weighted by Crippen LogP contribution is -2.27. The summed E-state index contributed by atoms with van der Waals surface area (Å²) in [6.07, 6.45) is 3.55. The van der Waals surface area contributed by atoms with Crippen LogP contribution in [0.15, 0.2) is 66.1 Å². The summed E-state index contributed by atoms with van der Waals surface area (Å²) in [6.45, 7) is 6.08. The molecule has 0 saturated carbocycles. The summed E-state index contributed by atoms with van der Waals surface area (Å²) in [5.74, 6) is 0.678. The summed E-state index contributed by atoms with van der Waals surface area (Å²) in [6, 6.07) is 15.3. The van der Waals surface area contributed by atoms with Gasteiger partial charge in [0.2, 0.25) is 0 Å². The first kappa shape index (κ1) is 17.5. The van der Waals surface area contributed by atoms with Crippen molar-refractivity contribution in [2.24, 2.45) is 0 Å². The molecule has 0 aromatic heterocycles. The smallest absolute Gasteiger partial charge is 0.270 e. The Hall–Kier alpha value is -2.37. The van der Waals surface area contributed by atoms with Gasteiger partial charge in [0, 0.05) is 0 Å². The van der Waals surface area contributed by atoms with Gasteiger partial charge >= 0.3 is 0 Å².